The molecule has 1 saturated heterocycles. The maximum atomic E-state index is 13.5. The lowest BCUT2D eigenvalue weighted by molar-refractivity contribution is -0.427. The van der Waals surface area contributed by atoms with Gasteiger partial charge in [-0.25, -0.2) is 13.2 Å². The summed E-state index contributed by atoms with van der Waals surface area (Å²) in [5.41, 5.74) is 0.386. The first-order chi connectivity index (χ1) is 12.8. The van der Waals surface area contributed by atoms with E-state index in [9.17, 15) is 18.3 Å². The molecule has 0 aromatic heterocycles. The van der Waals surface area contributed by atoms with E-state index in [1.54, 1.807) is 0 Å². The lowest BCUT2D eigenvalue weighted by Crippen LogP contribution is -2.53. The molecule has 0 radical (unpaired) electrons. The first kappa shape index (κ1) is 20.6. The zero-order valence-corrected chi connectivity index (χ0v) is 16.1. The average molecular weight is 386 g/mol. The van der Waals surface area contributed by atoms with Gasteiger partial charge in [-0.3, -0.25) is 0 Å². The minimum atomic E-state index is -1.59. The zero-order chi connectivity index (χ0) is 19.7. The van der Waals surface area contributed by atoms with Crippen molar-refractivity contribution in [1.82, 2.24) is 0 Å². The summed E-state index contributed by atoms with van der Waals surface area (Å²) in [4.78, 5) is 0. The van der Waals surface area contributed by atoms with Crippen molar-refractivity contribution in [2.75, 3.05) is 13.2 Å². The second kappa shape index (κ2) is 8.10. The summed E-state index contributed by atoms with van der Waals surface area (Å²) in [5, 5.41) is 10.8. The SMILES string of the molecule is CCCCC1(C)COC(O)(C2CCC(c3cc(F)c(F)c(F)c3)CC2)OC1. The molecule has 1 heterocycles. The van der Waals surface area contributed by atoms with E-state index in [0.717, 1.165) is 31.4 Å². The molecule has 0 spiro atoms. The Morgan fingerprint density at radius 2 is 1.59 bits per heavy atom. The highest BCUT2D eigenvalue weighted by molar-refractivity contribution is 5.23. The Balaban J connectivity index is 1.58. The normalized spacial score (nSPS) is 34.6. The van der Waals surface area contributed by atoms with Crippen LogP contribution in [0.5, 0.6) is 0 Å². The van der Waals surface area contributed by atoms with Crippen LogP contribution in [0.25, 0.3) is 0 Å². The Bertz CT molecular complexity index is 625. The van der Waals surface area contributed by atoms with Gasteiger partial charge in [-0.15, -0.1) is 0 Å². The number of hydrogen-bond acceptors (Lipinski definition) is 3. The highest BCUT2D eigenvalue weighted by Crippen LogP contribution is 2.44. The van der Waals surface area contributed by atoms with E-state index in [0.29, 0.717) is 44.5 Å². The Labute approximate surface area is 158 Å². The molecular weight excluding hydrogens is 357 g/mol. The number of aliphatic hydroxyl groups is 1. The van der Waals surface area contributed by atoms with Crippen molar-refractivity contribution in [3.8, 4) is 0 Å². The van der Waals surface area contributed by atoms with E-state index in [4.69, 9.17) is 9.47 Å². The number of ether oxygens (including phenoxy) is 2. The minimum absolute atomic E-state index is 0.0622. The van der Waals surface area contributed by atoms with Gasteiger partial charge in [-0.05, 0) is 55.7 Å². The molecule has 3 nitrogen and oxygen atoms in total. The van der Waals surface area contributed by atoms with Gasteiger partial charge in [0.05, 0.1) is 13.2 Å². The molecule has 3 rings (SSSR count). The van der Waals surface area contributed by atoms with E-state index in [1.165, 1.54) is 0 Å². The Morgan fingerprint density at radius 1 is 1.04 bits per heavy atom. The lowest BCUT2D eigenvalue weighted by atomic mass is 9.77. The van der Waals surface area contributed by atoms with E-state index in [2.05, 4.69) is 13.8 Å². The second-order valence-electron chi connectivity index (χ2n) is 8.47. The van der Waals surface area contributed by atoms with Crippen molar-refractivity contribution < 1.29 is 27.8 Å². The van der Waals surface area contributed by atoms with Gasteiger partial charge in [0.2, 0.25) is 0 Å². The predicted octanol–water partition coefficient (Wildman–Crippen LogP) is 5.27. The molecule has 2 aliphatic rings. The number of halogens is 3. The Morgan fingerprint density at radius 3 is 2.11 bits per heavy atom. The predicted molar refractivity (Wildman–Crippen MR) is 95.5 cm³/mol. The molecular formula is C21H29F3O3. The highest BCUT2D eigenvalue weighted by Gasteiger charge is 2.47. The van der Waals surface area contributed by atoms with Crippen molar-refractivity contribution in [3.63, 3.8) is 0 Å². The summed E-state index contributed by atoms with van der Waals surface area (Å²) in [6.07, 6.45) is 5.70. The van der Waals surface area contributed by atoms with Crippen molar-refractivity contribution >= 4 is 0 Å². The maximum Gasteiger partial charge on any atom is 0.283 e. The van der Waals surface area contributed by atoms with Crippen LogP contribution in [0.2, 0.25) is 0 Å². The van der Waals surface area contributed by atoms with E-state index in [-0.39, 0.29) is 17.3 Å². The third-order valence-corrected chi connectivity index (χ3v) is 6.11. The van der Waals surface area contributed by atoms with Gasteiger partial charge in [-0.1, -0.05) is 26.7 Å². The molecule has 1 aliphatic heterocycles. The van der Waals surface area contributed by atoms with Crippen molar-refractivity contribution in [2.45, 2.75) is 70.7 Å². The summed E-state index contributed by atoms with van der Waals surface area (Å²) in [6.45, 7) is 5.16. The first-order valence-electron chi connectivity index (χ1n) is 9.91. The molecule has 0 bridgehead atoms. The second-order valence-corrected chi connectivity index (χ2v) is 8.47. The number of benzene rings is 1. The van der Waals surface area contributed by atoms with Crippen molar-refractivity contribution in [1.29, 1.82) is 0 Å². The Kier molecular flexibility index (Phi) is 6.18. The molecule has 0 amide bonds. The third kappa shape index (κ3) is 4.49. The molecule has 1 aliphatic carbocycles. The molecule has 6 heteroatoms. The molecule has 1 aromatic carbocycles. The van der Waals surface area contributed by atoms with Gasteiger partial charge in [-0.2, -0.15) is 0 Å². The van der Waals surface area contributed by atoms with Gasteiger partial charge >= 0.3 is 0 Å². The molecule has 27 heavy (non-hydrogen) atoms. The fraction of sp³-hybridized carbons (Fsp3) is 0.714. The van der Waals surface area contributed by atoms with Crippen LogP contribution in [0.15, 0.2) is 12.1 Å². The highest BCUT2D eigenvalue weighted by atomic mass is 19.2. The summed E-state index contributed by atoms with van der Waals surface area (Å²) >= 11 is 0. The van der Waals surface area contributed by atoms with Crippen LogP contribution < -0.4 is 0 Å². The van der Waals surface area contributed by atoms with Crippen molar-refractivity contribution in [2.24, 2.45) is 11.3 Å². The van der Waals surface area contributed by atoms with Gasteiger partial charge in [0.15, 0.2) is 17.5 Å². The van der Waals surface area contributed by atoms with Gasteiger partial charge in [0, 0.05) is 11.3 Å². The van der Waals surface area contributed by atoms with E-state index < -0.39 is 23.4 Å². The molecule has 2 fully saturated rings. The van der Waals surface area contributed by atoms with Crippen LogP contribution in [0, 0.1) is 28.8 Å². The zero-order valence-electron chi connectivity index (χ0n) is 16.1. The van der Waals surface area contributed by atoms with E-state index in [1.807, 2.05) is 0 Å². The summed E-state index contributed by atoms with van der Waals surface area (Å²) in [5.74, 6) is -5.58. The summed E-state index contributed by atoms with van der Waals surface area (Å²) in [6, 6.07) is 2.15. The van der Waals surface area contributed by atoms with E-state index >= 15 is 0 Å². The van der Waals surface area contributed by atoms with Gasteiger partial charge in [0.1, 0.15) is 0 Å². The number of unbranched alkanes of at least 4 members (excludes halogenated alkanes) is 1. The van der Waals surface area contributed by atoms with Crippen LogP contribution >= 0.6 is 0 Å². The van der Waals surface area contributed by atoms with Gasteiger partial charge in [0.25, 0.3) is 5.97 Å². The average Bonchev–Trinajstić information content (AvgIpc) is 2.67. The lowest BCUT2D eigenvalue weighted by Gasteiger charge is -2.46. The van der Waals surface area contributed by atoms with Crippen LogP contribution in [0.4, 0.5) is 13.2 Å². The third-order valence-electron chi connectivity index (χ3n) is 6.11. The number of hydrogen-bond donors (Lipinski definition) is 1. The maximum absolute atomic E-state index is 13.5. The largest absolute Gasteiger partial charge is 0.343 e. The van der Waals surface area contributed by atoms with Crippen LogP contribution in [0.1, 0.15) is 70.3 Å². The standard InChI is InChI=1S/C21H29F3O3/c1-3-4-9-20(2)12-26-21(25,27-13-20)16-7-5-14(6-8-16)15-10-17(22)19(24)18(23)11-15/h10-11,14,16,25H,3-9,12-13H2,1-2H3. The summed E-state index contributed by atoms with van der Waals surface area (Å²) < 4.78 is 51.7. The van der Waals surface area contributed by atoms with Crippen LogP contribution in [0.3, 0.4) is 0 Å². The quantitative estimate of drug-likeness (QED) is 0.701. The van der Waals surface area contributed by atoms with Crippen molar-refractivity contribution in [3.05, 3.63) is 35.1 Å². The monoisotopic (exact) mass is 386 g/mol. The fourth-order valence-electron chi connectivity index (χ4n) is 4.22. The topological polar surface area (TPSA) is 38.7 Å². The van der Waals surface area contributed by atoms with Crippen LogP contribution in [-0.2, 0) is 9.47 Å². The molecule has 1 aromatic rings. The Hall–Kier alpha value is -1.11. The fourth-order valence-corrected chi connectivity index (χ4v) is 4.22. The molecule has 1 saturated carbocycles. The molecule has 0 unspecified atom stereocenters. The first-order valence-corrected chi connectivity index (χ1v) is 9.91. The van der Waals surface area contributed by atoms with Gasteiger partial charge < -0.3 is 14.6 Å². The van der Waals surface area contributed by atoms with Crippen LogP contribution in [-0.4, -0.2) is 24.3 Å². The minimum Gasteiger partial charge on any atom is -0.343 e. The molecule has 152 valence electrons. The molecule has 1 N–H and O–H groups in total. The molecule has 0 atom stereocenters. The number of rotatable bonds is 5. The summed E-state index contributed by atoms with van der Waals surface area (Å²) in [7, 11) is 0. The smallest absolute Gasteiger partial charge is 0.283 e.